The lowest BCUT2D eigenvalue weighted by molar-refractivity contribution is -0.117. The number of hydrogen-bond donors (Lipinski definition) is 3. The summed E-state index contributed by atoms with van der Waals surface area (Å²) in [5, 5.41) is 15.6. The molecule has 0 saturated carbocycles. The third-order valence-electron chi connectivity index (χ3n) is 2.87. The van der Waals surface area contributed by atoms with Crippen LogP contribution in [0.2, 0.25) is 0 Å². The molecule has 1 saturated heterocycles. The van der Waals surface area contributed by atoms with Crippen molar-refractivity contribution in [3.05, 3.63) is 22.7 Å². The normalized spacial score (nSPS) is 19.2. The fourth-order valence-corrected chi connectivity index (χ4v) is 2.32. The Morgan fingerprint density at radius 1 is 1.59 bits per heavy atom. The molecule has 3 N–H and O–H groups in total. The van der Waals surface area contributed by atoms with Crippen molar-refractivity contribution in [1.82, 2.24) is 5.32 Å². The van der Waals surface area contributed by atoms with Crippen molar-refractivity contribution < 1.29 is 9.90 Å². The summed E-state index contributed by atoms with van der Waals surface area (Å²) in [6.45, 7) is 1.89. The van der Waals surface area contributed by atoms with Crippen molar-refractivity contribution in [2.75, 3.05) is 18.4 Å². The van der Waals surface area contributed by atoms with Crippen LogP contribution in [-0.2, 0) is 4.79 Å². The summed E-state index contributed by atoms with van der Waals surface area (Å²) in [6, 6.07) is 4.98. The molecular weight excluding hydrogens is 284 g/mol. The fraction of sp³-hybridized carbons (Fsp3) is 0.417. The Hall–Kier alpha value is -1.07. The van der Waals surface area contributed by atoms with Crippen LogP contribution in [0.25, 0.3) is 0 Å². The first-order valence-electron chi connectivity index (χ1n) is 5.64. The summed E-state index contributed by atoms with van der Waals surface area (Å²) < 4.78 is 0.827. The molecule has 17 heavy (non-hydrogen) atoms. The van der Waals surface area contributed by atoms with Gasteiger partial charge in [0.05, 0.1) is 5.69 Å². The monoisotopic (exact) mass is 298 g/mol. The molecule has 1 fully saturated rings. The van der Waals surface area contributed by atoms with Crippen molar-refractivity contribution in [3.63, 3.8) is 0 Å². The fourth-order valence-electron chi connectivity index (χ4n) is 1.96. The Morgan fingerprint density at radius 3 is 3.12 bits per heavy atom. The SMILES string of the molecule is O=C(CC1CCNC1)Nc1cc(Br)ccc1O. The molecule has 1 aliphatic rings. The van der Waals surface area contributed by atoms with E-state index in [4.69, 9.17) is 0 Å². The van der Waals surface area contributed by atoms with Gasteiger partial charge < -0.3 is 15.7 Å². The van der Waals surface area contributed by atoms with Gasteiger partial charge in [0.25, 0.3) is 0 Å². The second kappa shape index (κ2) is 5.51. The molecule has 1 heterocycles. The van der Waals surface area contributed by atoms with Gasteiger partial charge in [-0.05, 0) is 43.6 Å². The molecule has 1 amide bonds. The van der Waals surface area contributed by atoms with E-state index in [1.807, 2.05) is 0 Å². The zero-order valence-electron chi connectivity index (χ0n) is 9.37. The highest BCUT2D eigenvalue weighted by Gasteiger charge is 2.18. The molecule has 1 aromatic rings. The third kappa shape index (κ3) is 3.44. The number of amides is 1. The first-order chi connectivity index (χ1) is 8.15. The lowest BCUT2D eigenvalue weighted by Crippen LogP contribution is -2.18. The highest BCUT2D eigenvalue weighted by Crippen LogP contribution is 2.27. The first-order valence-corrected chi connectivity index (χ1v) is 6.43. The minimum Gasteiger partial charge on any atom is -0.506 e. The number of aromatic hydroxyl groups is 1. The minimum atomic E-state index is -0.0490. The van der Waals surface area contributed by atoms with E-state index in [9.17, 15) is 9.90 Å². The van der Waals surface area contributed by atoms with E-state index in [1.54, 1.807) is 18.2 Å². The number of nitrogens with one attached hydrogen (secondary N) is 2. The van der Waals surface area contributed by atoms with Crippen LogP contribution < -0.4 is 10.6 Å². The molecule has 0 radical (unpaired) electrons. The first kappa shape index (κ1) is 12.4. The summed E-state index contributed by atoms with van der Waals surface area (Å²) in [5.41, 5.74) is 0.454. The Labute approximate surface area is 109 Å². The van der Waals surface area contributed by atoms with Crippen molar-refractivity contribution >= 4 is 27.5 Å². The molecule has 1 atom stereocenters. The van der Waals surface area contributed by atoms with Crippen LogP contribution in [0.3, 0.4) is 0 Å². The molecule has 1 aliphatic heterocycles. The zero-order valence-corrected chi connectivity index (χ0v) is 11.0. The van der Waals surface area contributed by atoms with E-state index < -0.39 is 0 Å². The maximum absolute atomic E-state index is 11.8. The molecule has 1 aromatic carbocycles. The highest BCUT2D eigenvalue weighted by atomic mass is 79.9. The summed E-state index contributed by atoms with van der Waals surface area (Å²) in [4.78, 5) is 11.8. The number of carbonyl (C=O) groups excluding carboxylic acids is 1. The van der Waals surface area contributed by atoms with Crippen LogP contribution in [0.4, 0.5) is 5.69 Å². The topological polar surface area (TPSA) is 61.4 Å². The van der Waals surface area contributed by atoms with Crippen molar-refractivity contribution in [2.24, 2.45) is 5.92 Å². The lowest BCUT2D eigenvalue weighted by atomic mass is 10.0. The van der Waals surface area contributed by atoms with Gasteiger partial charge in [-0.3, -0.25) is 4.79 Å². The van der Waals surface area contributed by atoms with Crippen LogP contribution >= 0.6 is 15.9 Å². The number of anilines is 1. The van der Waals surface area contributed by atoms with Crippen LogP contribution in [0.1, 0.15) is 12.8 Å². The van der Waals surface area contributed by atoms with Gasteiger partial charge in [-0.15, -0.1) is 0 Å². The average Bonchev–Trinajstić information content (AvgIpc) is 2.76. The van der Waals surface area contributed by atoms with Gasteiger partial charge in [-0.1, -0.05) is 15.9 Å². The molecule has 0 spiro atoms. The average molecular weight is 299 g/mol. The summed E-state index contributed by atoms with van der Waals surface area (Å²) in [7, 11) is 0. The van der Waals surface area contributed by atoms with Gasteiger partial charge in [0.2, 0.25) is 5.91 Å². The summed E-state index contributed by atoms with van der Waals surface area (Å²) >= 11 is 3.30. The van der Waals surface area contributed by atoms with Crippen LogP contribution in [0.5, 0.6) is 5.75 Å². The number of phenols is 1. The van der Waals surface area contributed by atoms with E-state index in [-0.39, 0.29) is 11.7 Å². The Kier molecular flexibility index (Phi) is 4.02. The molecule has 5 heteroatoms. The van der Waals surface area contributed by atoms with Crippen LogP contribution in [-0.4, -0.2) is 24.1 Å². The number of hydrogen-bond acceptors (Lipinski definition) is 3. The molecule has 92 valence electrons. The molecule has 4 nitrogen and oxygen atoms in total. The van der Waals surface area contributed by atoms with Crippen LogP contribution in [0, 0.1) is 5.92 Å². The van der Waals surface area contributed by atoms with Crippen molar-refractivity contribution in [1.29, 1.82) is 0 Å². The number of rotatable bonds is 3. The Bertz CT molecular complexity index is 417. The standard InChI is InChI=1S/C12H15BrN2O2/c13-9-1-2-11(16)10(6-9)15-12(17)5-8-3-4-14-7-8/h1-2,6,8,14,16H,3-5,7H2,(H,15,17). The second-order valence-corrected chi connectivity index (χ2v) is 5.19. The smallest absolute Gasteiger partial charge is 0.224 e. The number of benzene rings is 1. The van der Waals surface area contributed by atoms with E-state index in [2.05, 4.69) is 26.6 Å². The summed E-state index contributed by atoms with van der Waals surface area (Å²) in [5.74, 6) is 0.447. The van der Waals surface area contributed by atoms with Crippen molar-refractivity contribution in [3.8, 4) is 5.75 Å². The predicted molar refractivity (Wildman–Crippen MR) is 70.0 cm³/mol. The number of halogens is 1. The van der Waals surface area contributed by atoms with Gasteiger partial charge in [0, 0.05) is 10.9 Å². The predicted octanol–water partition coefficient (Wildman–Crippen LogP) is 2.09. The highest BCUT2D eigenvalue weighted by molar-refractivity contribution is 9.10. The largest absolute Gasteiger partial charge is 0.506 e. The van der Waals surface area contributed by atoms with Gasteiger partial charge >= 0.3 is 0 Å². The quantitative estimate of drug-likeness (QED) is 0.749. The van der Waals surface area contributed by atoms with E-state index >= 15 is 0 Å². The van der Waals surface area contributed by atoms with E-state index in [1.165, 1.54) is 0 Å². The van der Waals surface area contributed by atoms with Crippen LogP contribution in [0.15, 0.2) is 22.7 Å². The number of phenolic OH excluding ortho intramolecular Hbond substituents is 1. The molecule has 2 rings (SSSR count). The molecule has 0 bridgehead atoms. The number of carbonyl (C=O) groups is 1. The van der Waals surface area contributed by atoms with Gasteiger partial charge in [0.15, 0.2) is 0 Å². The molecule has 1 unspecified atom stereocenters. The van der Waals surface area contributed by atoms with Gasteiger partial charge in [-0.25, -0.2) is 0 Å². The Balaban J connectivity index is 1.95. The third-order valence-corrected chi connectivity index (χ3v) is 3.36. The second-order valence-electron chi connectivity index (χ2n) is 4.27. The summed E-state index contributed by atoms with van der Waals surface area (Å²) in [6.07, 6.45) is 1.54. The van der Waals surface area contributed by atoms with E-state index in [0.717, 1.165) is 24.0 Å². The maximum Gasteiger partial charge on any atom is 0.224 e. The minimum absolute atomic E-state index is 0.0490. The lowest BCUT2D eigenvalue weighted by Gasteiger charge is -2.10. The molecule has 0 aliphatic carbocycles. The Morgan fingerprint density at radius 2 is 2.41 bits per heavy atom. The molecule has 0 aromatic heterocycles. The van der Waals surface area contributed by atoms with Gasteiger partial charge in [-0.2, -0.15) is 0 Å². The zero-order chi connectivity index (χ0) is 12.3. The van der Waals surface area contributed by atoms with Gasteiger partial charge in [0.1, 0.15) is 5.75 Å². The molecular formula is C12H15BrN2O2. The maximum atomic E-state index is 11.8. The van der Waals surface area contributed by atoms with Crippen molar-refractivity contribution in [2.45, 2.75) is 12.8 Å². The van der Waals surface area contributed by atoms with E-state index in [0.29, 0.717) is 18.0 Å².